The van der Waals surface area contributed by atoms with Crippen LogP contribution in [-0.4, -0.2) is 51.5 Å². The van der Waals surface area contributed by atoms with Gasteiger partial charge < -0.3 is 10.4 Å². The second-order valence-corrected chi connectivity index (χ2v) is 9.86. The Balaban J connectivity index is 1.16. The van der Waals surface area contributed by atoms with Crippen LogP contribution < -0.4 is 5.32 Å². The highest BCUT2D eigenvalue weighted by Gasteiger charge is 2.43. The van der Waals surface area contributed by atoms with Crippen LogP contribution in [0.5, 0.6) is 0 Å². The fraction of sp³-hybridized carbons (Fsp3) is 0.583. The number of nitrogens with one attached hydrogen (secondary N) is 1. The summed E-state index contributed by atoms with van der Waals surface area (Å²) in [6.07, 6.45) is 7.40. The van der Waals surface area contributed by atoms with Gasteiger partial charge in [0.1, 0.15) is 11.6 Å². The molecule has 0 amide bonds. The summed E-state index contributed by atoms with van der Waals surface area (Å²) >= 11 is 0. The second kappa shape index (κ2) is 8.63. The average Bonchev–Trinajstić information content (AvgIpc) is 3.29. The van der Waals surface area contributed by atoms with Crippen molar-refractivity contribution < 1.29 is 18.3 Å². The Bertz CT molecular complexity index is 950. The number of β-amino-alcohol motifs (C(OH)–C–C–N with tert-alkyl or cyclic N) is 1. The van der Waals surface area contributed by atoms with Crippen molar-refractivity contribution in [1.29, 1.82) is 0 Å². The number of nitrogens with zero attached hydrogens (tertiary/aromatic N) is 3. The van der Waals surface area contributed by atoms with Gasteiger partial charge in [0.25, 0.3) is 0 Å². The molecule has 1 aromatic carbocycles. The predicted molar refractivity (Wildman–Crippen MR) is 115 cm³/mol. The highest BCUT2D eigenvalue weighted by molar-refractivity contribution is 5.60. The summed E-state index contributed by atoms with van der Waals surface area (Å²) in [5.41, 5.74) is -0.654. The van der Waals surface area contributed by atoms with Crippen LogP contribution in [-0.2, 0) is 0 Å². The van der Waals surface area contributed by atoms with Crippen LogP contribution in [0.2, 0.25) is 0 Å². The number of anilines is 1. The number of fused-ring (bicyclic) bond motifs is 1. The van der Waals surface area contributed by atoms with E-state index in [0.717, 1.165) is 64.2 Å². The smallest absolute Gasteiger partial charge is 0.168 e. The lowest BCUT2D eigenvalue weighted by atomic mass is 9.84. The molecule has 2 saturated carbocycles. The minimum atomic E-state index is -1.24. The van der Waals surface area contributed by atoms with Crippen LogP contribution in [0.4, 0.5) is 19.0 Å². The number of benzene rings is 1. The fourth-order valence-corrected chi connectivity index (χ4v) is 5.93. The van der Waals surface area contributed by atoms with E-state index in [0.29, 0.717) is 23.7 Å². The molecule has 172 valence electrons. The molecule has 0 bridgehead atoms. The average molecular weight is 447 g/mol. The van der Waals surface area contributed by atoms with Crippen molar-refractivity contribution in [3.63, 3.8) is 0 Å². The molecule has 1 saturated heterocycles. The second-order valence-electron chi connectivity index (χ2n) is 9.86. The maximum Gasteiger partial charge on any atom is 0.168 e. The third kappa shape index (κ3) is 4.48. The van der Waals surface area contributed by atoms with Crippen molar-refractivity contribution >= 4 is 5.82 Å². The van der Waals surface area contributed by atoms with Gasteiger partial charge in [-0.1, -0.05) is 19.3 Å². The van der Waals surface area contributed by atoms with Crippen LogP contribution in [0, 0.1) is 29.3 Å². The molecule has 1 unspecified atom stereocenters. The normalized spacial score (nSPS) is 27.4. The molecule has 3 atom stereocenters. The molecule has 5 nitrogen and oxygen atoms in total. The zero-order valence-corrected chi connectivity index (χ0v) is 18.0. The monoisotopic (exact) mass is 446 g/mol. The molecule has 0 radical (unpaired) electrons. The van der Waals surface area contributed by atoms with Gasteiger partial charge in [-0.2, -0.15) is 0 Å². The largest absolute Gasteiger partial charge is 0.389 e. The molecule has 2 aliphatic carbocycles. The van der Waals surface area contributed by atoms with Crippen LogP contribution in [0.25, 0.3) is 11.3 Å². The number of rotatable bonds is 5. The van der Waals surface area contributed by atoms with Gasteiger partial charge in [-0.25, -0.2) is 13.2 Å². The summed E-state index contributed by atoms with van der Waals surface area (Å²) < 4.78 is 40.9. The first-order chi connectivity index (χ1) is 15.4. The lowest BCUT2D eigenvalue weighted by Crippen LogP contribution is -2.44. The van der Waals surface area contributed by atoms with Gasteiger partial charge >= 0.3 is 0 Å². The maximum atomic E-state index is 14.0. The highest BCUT2D eigenvalue weighted by Crippen LogP contribution is 2.40. The van der Waals surface area contributed by atoms with E-state index in [1.165, 1.54) is 12.5 Å². The van der Waals surface area contributed by atoms with Gasteiger partial charge in [-0.3, -0.25) is 4.90 Å². The molecule has 32 heavy (non-hydrogen) atoms. The van der Waals surface area contributed by atoms with Gasteiger partial charge in [-0.15, -0.1) is 10.2 Å². The van der Waals surface area contributed by atoms with E-state index in [9.17, 15) is 18.3 Å². The molecule has 5 rings (SSSR count). The zero-order valence-electron chi connectivity index (χ0n) is 18.0. The minimum absolute atomic E-state index is 0.0889. The third-order valence-corrected chi connectivity index (χ3v) is 7.41. The maximum absolute atomic E-state index is 14.0. The van der Waals surface area contributed by atoms with Gasteiger partial charge in [0.15, 0.2) is 11.6 Å². The van der Waals surface area contributed by atoms with E-state index < -0.39 is 23.1 Å². The van der Waals surface area contributed by atoms with Crippen LogP contribution >= 0.6 is 0 Å². The molecule has 1 aliphatic heterocycles. The Kier molecular flexibility index (Phi) is 5.84. The number of hydrogen-bond donors (Lipinski definition) is 2. The Morgan fingerprint density at radius 1 is 1.00 bits per heavy atom. The number of halogens is 3. The molecule has 3 fully saturated rings. The lowest BCUT2D eigenvalue weighted by molar-refractivity contribution is -0.0229. The van der Waals surface area contributed by atoms with Crippen molar-refractivity contribution in [2.75, 3.05) is 25.0 Å². The van der Waals surface area contributed by atoms with Crippen molar-refractivity contribution in [3.05, 3.63) is 41.7 Å². The highest BCUT2D eigenvalue weighted by atomic mass is 19.2. The summed E-state index contributed by atoms with van der Waals surface area (Å²) in [6.45, 7) is 2.85. The molecular formula is C24H29F3N4O. The summed E-state index contributed by atoms with van der Waals surface area (Å²) in [7, 11) is 0. The molecule has 8 heteroatoms. The van der Waals surface area contributed by atoms with E-state index in [1.807, 2.05) is 0 Å². The molecule has 1 aromatic heterocycles. The standard InChI is InChI=1S/C24H29F3N4O/c25-17-10-19(23(27)20(26)11-17)21-4-5-22(30-29-21)28-18-8-15-12-31(13-16(15)9-18)14-24(32)6-2-1-3-7-24/h4-5,10-11,15-16,18,32H,1-3,6-9,12-14H2,(H,28,30)/t15-,16+,18?. The summed E-state index contributed by atoms with van der Waals surface area (Å²) in [6, 6.07) is 4.91. The molecule has 2 aromatic rings. The molecule has 2 N–H and O–H groups in total. The molecule has 2 heterocycles. The fourth-order valence-electron chi connectivity index (χ4n) is 5.93. The number of aliphatic hydroxyl groups is 1. The van der Waals surface area contributed by atoms with E-state index in [4.69, 9.17) is 0 Å². The van der Waals surface area contributed by atoms with Crippen molar-refractivity contribution in [2.45, 2.75) is 56.6 Å². The van der Waals surface area contributed by atoms with E-state index in [1.54, 1.807) is 6.07 Å². The van der Waals surface area contributed by atoms with E-state index in [2.05, 4.69) is 20.4 Å². The van der Waals surface area contributed by atoms with Gasteiger partial charge in [-0.05, 0) is 55.7 Å². The quantitative estimate of drug-likeness (QED) is 0.668. The zero-order chi connectivity index (χ0) is 22.3. The molecular weight excluding hydrogens is 417 g/mol. The van der Waals surface area contributed by atoms with Crippen LogP contribution in [0.15, 0.2) is 24.3 Å². The summed E-state index contributed by atoms with van der Waals surface area (Å²) in [5.74, 6) is -1.44. The Hall–Kier alpha value is -2.19. The van der Waals surface area contributed by atoms with Gasteiger partial charge in [0.05, 0.1) is 11.3 Å². The molecule has 3 aliphatic rings. The number of aromatic nitrogens is 2. The Morgan fingerprint density at radius 2 is 1.72 bits per heavy atom. The summed E-state index contributed by atoms with van der Waals surface area (Å²) in [5, 5.41) is 22.3. The first-order valence-electron chi connectivity index (χ1n) is 11.6. The van der Waals surface area contributed by atoms with E-state index >= 15 is 0 Å². The van der Waals surface area contributed by atoms with E-state index in [-0.39, 0.29) is 17.3 Å². The van der Waals surface area contributed by atoms with Crippen molar-refractivity contribution in [2.24, 2.45) is 11.8 Å². The minimum Gasteiger partial charge on any atom is -0.389 e. The Morgan fingerprint density at radius 3 is 2.38 bits per heavy atom. The predicted octanol–water partition coefficient (Wildman–Crippen LogP) is 4.38. The van der Waals surface area contributed by atoms with Crippen LogP contribution in [0.3, 0.4) is 0 Å². The lowest BCUT2D eigenvalue weighted by Gasteiger charge is -2.36. The SMILES string of the molecule is OC1(CN2C[C@H]3CC(Nc4ccc(-c5cc(F)cc(F)c5F)nn4)C[C@H]3C2)CCCCC1. The van der Waals surface area contributed by atoms with Crippen molar-refractivity contribution in [1.82, 2.24) is 15.1 Å². The number of likely N-dealkylation sites (tertiary alicyclic amines) is 1. The van der Waals surface area contributed by atoms with Gasteiger partial charge in [0.2, 0.25) is 0 Å². The Labute approximate surface area is 186 Å². The molecule has 0 spiro atoms. The first kappa shape index (κ1) is 21.6. The van der Waals surface area contributed by atoms with Gasteiger partial charge in [0, 0.05) is 37.3 Å². The summed E-state index contributed by atoms with van der Waals surface area (Å²) in [4.78, 5) is 2.44. The topological polar surface area (TPSA) is 61.3 Å². The van der Waals surface area contributed by atoms with Crippen molar-refractivity contribution in [3.8, 4) is 11.3 Å². The first-order valence-corrected chi connectivity index (χ1v) is 11.6. The third-order valence-electron chi connectivity index (χ3n) is 7.41. The van der Waals surface area contributed by atoms with Crippen LogP contribution in [0.1, 0.15) is 44.9 Å². The number of hydrogen-bond acceptors (Lipinski definition) is 5.